The molecule has 2 heterocycles. The summed E-state index contributed by atoms with van der Waals surface area (Å²) >= 11 is 5.88. The summed E-state index contributed by atoms with van der Waals surface area (Å²) in [6, 6.07) is 11.1. The minimum absolute atomic E-state index is 0.00429. The van der Waals surface area contributed by atoms with E-state index in [1.807, 2.05) is 0 Å². The van der Waals surface area contributed by atoms with Gasteiger partial charge < -0.3 is 10.1 Å². The molecule has 1 saturated heterocycles. The van der Waals surface area contributed by atoms with Gasteiger partial charge in [0, 0.05) is 23.7 Å². The molecular formula is C23H16ClF4N5O3. The van der Waals surface area contributed by atoms with Crippen LogP contribution in [0.3, 0.4) is 0 Å². The number of rotatable bonds is 5. The SMILES string of the molecule is N#Cc1cc(Cl)cc(Oc2c(C(F)(F)F)ncn(CC3CNC(c4ccccc4F)NC3=O)c2=O)c1. The molecule has 1 fully saturated rings. The number of amides is 1. The third-order valence-corrected chi connectivity index (χ3v) is 5.56. The van der Waals surface area contributed by atoms with Crippen LogP contribution >= 0.6 is 11.6 Å². The van der Waals surface area contributed by atoms with Crippen LogP contribution in [0, 0.1) is 23.1 Å². The van der Waals surface area contributed by atoms with Gasteiger partial charge in [0.25, 0.3) is 5.56 Å². The van der Waals surface area contributed by atoms with Crippen molar-refractivity contribution in [3.8, 4) is 17.6 Å². The van der Waals surface area contributed by atoms with Gasteiger partial charge in [0.1, 0.15) is 17.7 Å². The molecule has 13 heteroatoms. The molecule has 1 aromatic heterocycles. The summed E-state index contributed by atoms with van der Waals surface area (Å²) in [5.41, 5.74) is -2.55. The minimum atomic E-state index is -5.03. The molecule has 36 heavy (non-hydrogen) atoms. The highest BCUT2D eigenvalue weighted by Crippen LogP contribution is 2.35. The van der Waals surface area contributed by atoms with Gasteiger partial charge in [-0.3, -0.25) is 19.5 Å². The average molecular weight is 522 g/mol. The topological polar surface area (TPSA) is 109 Å². The van der Waals surface area contributed by atoms with E-state index in [4.69, 9.17) is 21.6 Å². The highest BCUT2D eigenvalue weighted by atomic mass is 35.5. The van der Waals surface area contributed by atoms with Crippen LogP contribution in [-0.2, 0) is 17.5 Å². The van der Waals surface area contributed by atoms with Crippen molar-refractivity contribution in [2.75, 3.05) is 6.54 Å². The van der Waals surface area contributed by atoms with Gasteiger partial charge in [0.2, 0.25) is 11.7 Å². The zero-order chi connectivity index (χ0) is 26.0. The van der Waals surface area contributed by atoms with Crippen LogP contribution in [0.15, 0.2) is 53.6 Å². The van der Waals surface area contributed by atoms with E-state index in [1.54, 1.807) is 12.1 Å². The first-order valence-electron chi connectivity index (χ1n) is 10.4. The van der Waals surface area contributed by atoms with Crippen molar-refractivity contribution in [1.82, 2.24) is 20.2 Å². The number of hydrogen-bond donors (Lipinski definition) is 2. The molecule has 1 aliphatic heterocycles. The van der Waals surface area contributed by atoms with Crippen molar-refractivity contribution in [3.63, 3.8) is 0 Å². The van der Waals surface area contributed by atoms with Crippen LogP contribution in [-0.4, -0.2) is 22.0 Å². The van der Waals surface area contributed by atoms with Crippen molar-refractivity contribution in [1.29, 1.82) is 5.26 Å². The quantitative estimate of drug-likeness (QED) is 0.495. The van der Waals surface area contributed by atoms with Gasteiger partial charge in [0.05, 0.1) is 23.9 Å². The predicted molar refractivity (Wildman–Crippen MR) is 119 cm³/mol. The number of nitrogens with one attached hydrogen (secondary N) is 2. The van der Waals surface area contributed by atoms with Crippen LogP contribution < -0.4 is 20.9 Å². The Bertz CT molecular complexity index is 1420. The molecule has 2 atom stereocenters. The fourth-order valence-electron chi connectivity index (χ4n) is 3.64. The van der Waals surface area contributed by atoms with E-state index in [2.05, 4.69) is 15.6 Å². The molecule has 186 valence electrons. The molecule has 0 saturated carbocycles. The van der Waals surface area contributed by atoms with E-state index in [9.17, 15) is 27.2 Å². The van der Waals surface area contributed by atoms with Gasteiger partial charge in [-0.05, 0) is 24.3 Å². The largest absolute Gasteiger partial charge is 0.449 e. The summed E-state index contributed by atoms with van der Waals surface area (Å²) in [6.45, 7) is -0.323. The lowest BCUT2D eigenvalue weighted by Crippen LogP contribution is -2.52. The van der Waals surface area contributed by atoms with Crippen LogP contribution in [0.25, 0.3) is 0 Å². The van der Waals surface area contributed by atoms with Crippen LogP contribution in [0.1, 0.15) is 23.0 Å². The van der Waals surface area contributed by atoms with Gasteiger partial charge >= 0.3 is 6.18 Å². The zero-order valence-corrected chi connectivity index (χ0v) is 18.9. The Morgan fingerprint density at radius 1 is 1.22 bits per heavy atom. The van der Waals surface area contributed by atoms with Crippen molar-refractivity contribution < 1.29 is 27.1 Å². The lowest BCUT2D eigenvalue weighted by molar-refractivity contribution is -0.142. The number of aromatic nitrogens is 2. The zero-order valence-electron chi connectivity index (χ0n) is 18.1. The van der Waals surface area contributed by atoms with E-state index in [0.717, 1.165) is 16.7 Å². The van der Waals surface area contributed by atoms with Crippen LogP contribution in [0.2, 0.25) is 5.02 Å². The number of benzene rings is 2. The lowest BCUT2D eigenvalue weighted by atomic mass is 10.0. The van der Waals surface area contributed by atoms with Gasteiger partial charge in [0.15, 0.2) is 5.69 Å². The molecule has 2 unspecified atom stereocenters. The summed E-state index contributed by atoms with van der Waals surface area (Å²) in [5.74, 6) is -3.35. The highest BCUT2D eigenvalue weighted by molar-refractivity contribution is 6.30. The minimum Gasteiger partial charge on any atom is -0.449 e. The van der Waals surface area contributed by atoms with Crippen LogP contribution in [0.5, 0.6) is 11.5 Å². The number of ether oxygens (including phenoxy) is 1. The Labute approximate surface area is 206 Å². The molecule has 2 aromatic carbocycles. The summed E-state index contributed by atoms with van der Waals surface area (Å²) in [4.78, 5) is 29.0. The fraction of sp³-hybridized carbons (Fsp3) is 0.217. The van der Waals surface area contributed by atoms with Crippen LogP contribution in [0.4, 0.5) is 17.6 Å². The first-order chi connectivity index (χ1) is 17.1. The molecule has 1 aliphatic rings. The number of nitrogens with zero attached hydrogens (tertiary/aromatic N) is 3. The van der Waals surface area contributed by atoms with Crippen molar-refractivity contribution >= 4 is 17.5 Å². The molecule has 0 bridgehead atoms. The molecule has 8 nitrogen and oxygen atoms in total. The number of carbonyl (C=O) groups is 1. The molecule has 0 spiro atoms. The second-order valence-electron chi connectivity index (χ2n) is 7.84. The van der Waals surface area contributed by atoms with Gasteiger partial charge in [-0.15, -0.1) is 0 Å². The first-order valence-corrected chi connectivity index (χ1v) is 10.8. The van der Waals surface area contributed by atoms with Gasteiger partial charge in [-0.25, -0.2) is 9.37 Å². The number of alkyl halides is 3. The van der Waals surface area contributed by atoms with Gasteiger partial charge in [-0.1, -0.05) is 29.8 Å². The Kier molecular flexibility index (Phi) is 6.96. The first kappa shape index (κ1) is 25.2. The molecular weight excluding hydrogens is 506 g/mol. The highest BCUT2D eigenvalue weighted by Gasteiger charge is 2.39. The fourth-order valence-corrected chi connectivity index (χ4v) is 3.87. The number of halogens is 5. The normalized spacial score (nSPS) is 17.8. The second kappa shape index (κ2) is 9.96. The maximum absolute atomic E-state index is 14.1. The predicted octanol–water partition coefficient (Wildman–Crippen LogP) is 3.75. The molecule has 1 amide bonds. The van der Waals surface area contributed by atoms with E-state index >= 15 is 0 Å². The molecule has 0 radical (unpaired) electrons. The molecule has 0 aliphatic carbocycles. The smallest absolute Gasteiger partial charge is 0.437 e. The lowest BCUT2D eigenvalue weighted by Gasteiger charge is -2.31. The summed E-state index contributed by atoms with van der Waals surface area (Å²) in [5, 5.41) is 14.6. The third-order valence-electron chi connectivity index (χ3n) is 5.34. The maximum atomic E-state index is 14.1. The molecule has 3 aromatic rings. The van der Waals surface area contributed by atoms with E-state index in [-0.39, 0.29) is 35.0 Å². The van der Waals surface area contributed by atoms with E-state index in [0.29, 0.717) is 6.33 Å². The van der Waals surface area contributed by atoms with Crippen molar-refractivity contribution in [2.45, 2.75) is 18.9 Å². The van der Waals surface area contributed by atoms with E-state index in [1.165, 1.54) is 24.3 Å². The third kappa shape index (κ3) is 5.32. The standard InChI is InChI=1S/C23H16ClF4N5O3/c24-14-5-12(8-29)6-15(7-14)36-18-19(23(26,27)28)31-11-33(22(18)35)10-13-9-30-20(32-21(13)34)16-3-1-2-4-17(16)25/h1-7,11,13,20,30H,9-10H2,(H,32,34). The summed E-state index contributed by atoms with van der Waals surface area (Å²) in [6.07, 6.45) is -5.16. The maximum Gasteiger partial charge on any atom is 0.437 e. The summed E-state index contributed by atoms with van der Waals surface area (Å²) in [7, 11) is 0. The van der Waals surface area contributed by atoms with Crippen molar-refractivity contribution in [3.05, 3.63) is 86.8 Å². The summed E-state index contributed by atoms with van der Waals surface area (Å²) < 4.78 is 60.8. The van der Waals surface area contributed by atoms with E-state index < -0.39 is 47.0 Å². The van der Waals surface area contributed by atoms with Crippen molar-refractivity contribution in [2.24, 2.45) is 5.92 Å². The second-order valence-corrected chi connectivity index (χ2v) is 8.27. The number of carbonyl (C=O) groups excluding carboxylic acids is 1. The Hall–Kier alpha value is -3.95. The monoisotopic (exact) mass is 521 g/mol. The molecule has 2 N–H and O–H groups in total. The Morgan fingerprint density at radius 2 is 1.97 bits per heavy atom. The Morgan fingerprint density at radius 3 is 2.64 bits per heavy atom. The Balaban J connectivity index is 1.61. The molecule has 4 rings (SSSR count). The van der Waals surface area contributed by atoms with Gasteiger partial charge in [-0.2, -0.15) is 18.4 Å². The average Bonchev–Trinajstić information content (AvgIpc) is 2.82. The number of nitriles is 1. The number of hydrogen-bond acceptors (Lipinski definition) is 6.